The van der Waals surface area contributed by atoms with Gasteiger partial charge in [-0.3, -0.25) is 4.79 Å². The van der Waals surface area contributed by atoms with Crippen molar-refractivity contribution in [3.8, 4) is 5.69 Å². The number of fused-ring (bicyclic) bond motifs is 1. The summed E-state index contributed by atoms with van der Waals surface area (Å²) < 4.78 is 1.70. The summed E-state index contributed by atoms with van der Waals surface area (Å²) in [6, 6.07) is 19.8. The Morgan fingerprint density at radius 2 is 1.73 bits per heavy atom. The fourth-order valence-corrected chi connectivity index (χ4v) is 3.89. The van der Waals surface area contributed by atoms with E-state index in [-0.39, 0.29) is 5.91 Å². The predicted octanol–water partition coefficient (Wildman–Crippen LogP) is 3.09. The van der Waals surface area contributed by atoms with Crippen LogP contribution < -0.4 is 4.90 Å². The van der Waals surface area contributed by atoms with Crippen LogP contribution in [0, 0.1) is 6.92 Å². The minimum absolute atomic E-state index is 0.0429. The van der Waals surface area contributed by atoms with Gasteiger partial charge in [0.25, 0.3) is 5.91 Å². The summed E-state index contributed by atoms with van der Waals surface area (Å²) in [5, 5.41) is 8.44. The van der Waals surface area contributed by atoms with Crippen molar-refractivity contribution in [2.24, 2.45) is 0 Å². The number of hydrogen-bond acceptors (Lipinski definition) is 5. The molecule has 0 N–H and O–H groups in total. The molecule has 1 fully saturated rings. The first-order chi connectivity index (χ1) is 14.7. The topological polar surface area (TPSA) is 67.2 Å². The van der Waals surface area contributed by atoms with E-state index in [1.165, 1.54) is 5.69 Å². The third-order valence-corrected chi connectivity index (χ3v) is 5.58. The summed E-state index contributed by atoms with van der Waals surface area (Å²) in [6.07, 6.45) is 1.72. The fourth-order valence-electron chi connectivity index (χ4n) is 3.89. The van der Waals surface area contributed by atoms with E-state index in [1.807, 2.05) is 60.4 Å². The molecule has 0 bridgehead atoms. The Hall–Kier alpha value is -3.74. The Morgan fingerprint density at radius 1 is 0.933 bits per heavy atom. The first-order valence-corrected chi connectivity index (χ1v) is 10.1. The maximum atomic E-state index is 13.2. The highest BCUT2D eigenvalue weighted by Gasteiger charge is 2.23. The number of rotatable bonds is 3. The first kappa shape index (κ1) is 18.3. The summed E-state index contributed by atoms with van der Waals surface area (Å²) in [5.41, 5.74) is 5.10. The van der Waals surface area contributed by atoms with Gasteiger partial charge in [-0.1, -0.05) is 29.5 Å². The van der Waals surface area contributed by atoms with Crippen LogP contribution in [-0.2, 0) is 0 Å². The molecule has 1 aliphatic rings. The molecule has 30 heavy (non-hydrogen) atoms. The second kappa shape index (κ2) is 7.59. The van der Waals surface area contributed by atoms with Gasteiger partial charge in [0.15, 0.2) is 5.65 Å². The molecule has 0 radical (unpaired) electrons. The van der Waals surface area contributed by atoms with Crippen molar-refractivity contribution in [2.45, 2.75) is 6.92 Å². The molecule has 0 atom stereocenters. The smallest absolute Gasteiger partial charge is 0.254 e. The molecule has 1 saturated heterocycles. The van der Waals surface area contributed by atoms with E-state index in [2.05, 4.69) is 32.3 Å². The zero-order valence-corrected chi connectivity index (χ0v) is 16.8. The van der Waals surface area contributed by atoms with Crippen LogP contribution in [0.5, 0.6) is 0 Å². The van der Waals surface area contributed by atoms with Crippen molar-refractivity contribution in [2.75, 3.05) is 31.1 Å². The zero-order valence-electron chi connectivity index (χ0n) is 16.8. The number of aromatic nitrogens is 4. The lowest BCUT2D eigenvalue weighted by molar-refractivity contribution is 0.0746. The number of pyridine rings is 1. The van der Waals surface area contributed by atoms with Gasteiger partial charge in [0.2, 0.25) is 0 Å². The van der Waals surface area contributed by atoms with Gasteiger partial charge in [0.05, 0.1) is 5.69 Å². The summed E-state index contributed by atoms with van der Waals surface area (Å²) in [5.74, 6) is 0.0429. The Bertz CT molecular complexity index is 1190. The minimum atomic E-state index is 0.0429. The molecule has 2 aromatic carbocycles. The normalized spacial score (nSPS) is 14.3. The van der Waals surface area contributed by atoms with Crippen molar-refractivity contribution in [3.63, 3.8) is 0 Å². The average molecular weight is 398 g/mol. The maximum Gasteiger partial charge on any atom is 0.254 e. The van der Waals surface area contributed by atoms with Crippen molar-refractivity contribution < 1.29 is 4.79 Å². The number of carbonyl (C=O) groups is 1. The molecular weight excluding hydrogens is 376 g/mol. The molecule has 3 heterocycles. The number of anilines is 1. The first-order valence-electron chi connectivity index (χ1n) is 10.1. The van der Waals surface area contributed by atoms with Gasteiger partial charge < -0.3 is 9.80 Å². The van der Waals surface area contributed by atoms with Crippen molar-refractivity contribution in [1.29, 1.82) is 0 Å². The van der Waals surface area contributed by atoms with Crippen molar-refractivity contribution in [3.05, 3.63) is 78.0 Å². The molecular formula is C23H22N6O. The van der Waals surface area contributed by atoms with E-state index in [4.69, 9.17) is 0 Å². The second-order valence-corrected chi connectivity index (χ2v) is 7.46. The van der Waals surface area contributed by atoms with Gasteiger partial charge in [-0.2, -0.15) is 4.68 Å². The molecule has 7 heteroatoms. The van der Waals surface area contributed by atoms with Crippen LogP contribution in [0.25, 0.3) is 16.9 Å². The summed E-state index contributed by atoms with van der Waals surface area (Å²) >= 11 is 0. The number of nitrogens with zero attached hydrogens (tertiary/aromatic N) is 6. The molecule has 7 nitrogen and oxygen atoms in total. The summed E-state index contributed by atoms with van der Waals surface area (Å²) in [6.45, 7) is 5.05. The molecule has 1 aliphatic heterocycles. The van der Waals surface area contributed by atoms with Crippen LogP contribution in [0.15, 0.2) is 66.9 Å². The van der Waals surface area contributed by atoms with E-state index in [1.54, 1.807) is 10.9 Å². The van der Waals surface area contributed by atoms with E-state index in [0.717, 1.165) is 29.9 Å². The van der Waals surface area contributed by atoms with Crippen molar-refractivity contribution in [1.82, 2.24) is 24.9 Å². The third kappa shape index (κ3) is 3.28. The van der Waals surface area contributed by atoms with Crippen LogP contribution in [0.2, 0.25) is 0 Å². The van der Waals surface area contributed by atoms with Gasteiger partial charge in [-0.15, -0.1) is 5.10 Å². The molecule has 2 aromatic heterocycles. The zero-order chi connectivity index (χ0) is 20.5. The predicted molar refractivity (Wildman–Crippen MR) is 116 cm³/mol. The molecule has 1 amide bonds. The van der Waals surface area contributed by atoms with E-state index >= 15 is 0 Å². The molecule has 150 valence electrons. The van der Waals surface area contributed by atoms with Gasteiger partial charge >= 0.3 is 0 Å². The largest absolute Gasteiger partial charge is 0.368 e. The quantitative estimate of drug-likeness (QED) is 0.531. The number of hydrogen-bond donors (Lipinski definition) is 0. The Balaban J connectivity index is 1.38. The highest BCUT2D eigenvalue weighted by molar-refractivity contribution is 5.95. The van der Waals surface area contributed by atoms with Crippen LogP contribution in [0.3, 0.4) is 0 Å². The highest BCUT2D eigenvalue weighted by atomic mass is 16.2. The average Bonchev–Trinajstić information content (AvgIpc) is 3.24. The number of aryl methyl sites for hydroxylation is 1. The Morgan fingerprint density at radius 3 is 2.53 bits per heavy atom. The minimum Gasteiger partial charge on any atom is -0.368 e. The van der Waals surface area contributed by atoms with Gasteiger partial charge in [-0.25, -0.2) is 4.98 Å². The standard InChI is InChI=1S/C23H22N6O/c1-17-9-10-18(16-21(17)29-22-20(25-26-29)8-5-11-24-22)23(30)28-14-12-27(13-15-28)19-6-3-2-4-7-19/h2-11,16H,12-15H2,1H3. The Labute approximate surface area is 174 Å². The number of amides is 1. The van der Waals surface area contributed by atoms with Crippen LogP contribution in [0.1, 0.15) is 15.9 Å². The molecule has 0 aliphatic carbocycles. The third-order valence-electron chi connectivity index (χ3n) is 5.58. The number of para-hydroxylation sites is 1. The van der Waals surface area contributed by atoms with Crippen LogP contribution >= 0.6 is 0 Å². The fraction of sp³-hybridized carbons (Fsp3) is 0.217. The molecule has 0 saturated carbocycles. The molecule has 0 spiro atoms. The van der Waals surface area contributed by atoms with Gasteiger partial charge in [-0.05, 0) is 48.9 Å². The molecule has 0 unspecified atom stereocenters. The lowest BCUT2D eigenvalue weighted by Gasteiger charge is -2.36. The van der Waals surface area contributed by atoms with Gasteiger partial charge in [0, 0.05) is 43.6 Å². The monoisotopic (exact) mass is 398 g/mol. The Kier molecular flexibility index (Phi) is 4.63. The van der Waals surface area contributed by atoms with Gasteiger partial charge in [0.1, 0.15) is 5.52 Å². The second-order valence-electron chi connectivity index (χ2n) is 7.46. The van der Waals surface area contributed by atoms with Crippen LogP contribution in [0.4, 0.5) is 5.69 Å². The lowest BCUT2D eigenvalue weighted by atomic mass is 10.1. The summed E-state index contributed by atoms with van der Waals surface area (Å²) in [4.78, 5) is 21.8. The number of piperazine rings is 1. The number of carbonyl (C=O) groups excluding carboxylic acids is 1. The van der Waals surface area contributed by atoms with Crippen molar-refractivity contribution >= 4 is 22.8 Å². The molecule has 5 rings (SSSR count). The summed E-state index contributed by atoms with van der Waals surface area (Å²) in [7, 11) is 0. The molecule has 4 aromatic rings. The SMILES string of the molecule is Cc1ccc(C(=O)N2CCN(c3ccccc3)CC2)cc1-n1nnc2cccnc21. The van der Waals surface area contributed by atoms with E-state index in [0.29, 0.717) is 24.3 Å². The highest BCUT2D eigenvalue weighted by Crippen LogP contribution is 2.21. The maximum absolute atomic E-state index is 13.2. The van der Waals surface area contributed by atoms with E-state index < -0.39 is 0 Å². The van der Waals surface area contributed by atoms with Crippen LogP contribution in [-0.4, -0.2) is 57.0 Å². The van der Waals surface area contributed by atoms with E-state index in [9.17, 15) is 4.79 Å². The lowest BCUT2D eigenvalue weighted by Crippen LogP contribution is -2.48. The number of benzene rings is 2.